The molecule has 0 aliphatic rings. The lowest BCUT2D eigenvalue weighted by Gasteiger charge is -2.16. The number of pyridine rings is 1. The minimum absolute atomic E-state index is 0.121. The highest BCUT2D eigenvalue weighted by Crippen LogP contribution is 2.17. The second-order valence-electron chi connectivity index (χ2n) is 3.63. The van der Waals surface area contributed by atoms with Gasteiger partial charge < -0.3 is 14.4 Å². The van der Waals surface area contributed by atoms with E-state index in [4.69, 9.17) is 4.42 Å². The molecule has 0 saturated heterocycles. The van der Waals surface area contributed by atoms with Crippen molar-refractivity contribution in [2.45, 2.75) is 6.54 Å². The van der Waals surface area contributed by atoms with Crippen LogP contribution >= 0.6 is 0 Å². The van der Waals surface area contributed by atoms with E-state index in [2.05, 4.69) is 4.98 Å². The Morgan fingerprint density at radius 1 is 1.53 bits per heavy atom. The third-order valence-corrected chi connectivity index (χ3v) is 2.35. The van der Waals surface area contributed by atoms with Crippen molar-refractivity contribution in [2.75, 3.05) is 7.05 Å². The van der Waals surface area contributed by atoms with Gasteiger partial charge in [0, 0.05) is 13.2 Å². The fourth-order valence-corrected chi connectivity index (χ4v) is 1.48. The number of nitrogens with zero attached hydrogens (tertiary/aromatic N) is 2. The predicted octanol–water partition coefficient (Wildman–Crippen LogP) is 1.65. The molecule has 2 heterocycles. The maximum atomic E-state index is 12.0. The smallest absolute Gasteiger partial charge is 0.257 e. The summed E-state index contributed by atoms with van der Waals surface area (Å²) in [6, 6.07) is 5.03. The zero-order valence-electron chi connectivity index (χ0n) is 9.33. The van der Waals surface area contributed by atoms with Crippen LogP contribution in [0.5, 0.6) is 5.75 Å². The summed E-state index contributed by atoms with van der Waals surface area (Å²) in [5, 5.41) is 9.52. The summed E-state index contributed by atoms with van der Waals surface area (Å²) in [5.74, 6) is 0.291. The molecule has 88 valence electrons. The molecule has 5 nitrogen and oxygen atoms in total. The monoisotopic (exact) mass is 232 g/mol. The van der Waals surface area contributed by atoms with Crippen LogP contribution < -0.4 is 0 Å². The Morgan fingerprint density at radius 3 is 3.00 bits per heavy atom. The van der Waals surface area contributed by atoms with E-state index in [9.17, 15) is 9.90 Å². The Balaban J connectivity index is 2.13. The quantitative estimate of drug-likeness (QED) is 0.873. The van der Waals surface area contributed by atoms with Gasteiger partial charge in [-0.2, -0.15) is 0 Å². The number of furan rings is 1. The van der Waals surface area contributed by atoms with Crippen LogP contribution in [0.15, 0.2) is 41.3 Å². The van der Waals surface area contributed by atoms with Gasteiger partial charge in [0.1, 0.15) is 11.5 Å². The molecule has 0 fully saturated rings. The molecule has 0 atom stereocenters. The highest BCUT2D eigenvalue weighted by atomic mass is 16.3. The summed E-state index contributed by atoms with van der Waals surface area (Å²) in [7, 11) is 1.64. The van der Waals surface area contributed by atoms with Crippen molar-refractivity contribution in [3.8, 4) is 5.75 Å². The van der Waals surface area contributed by atoms with Gasteiger partial charge in [-0.05, 0) is 18.2 Å². The van der Waals surface area contributed by atoms with Crippen molar-refractivity contribution in [3.63, 3.8) is 0 Å². The molecule has 17 heavy (non-hydrogen) atoms. The zero-order valence-corrected chi connectivity index (χ0v) is 9.33. The van der Waals surface area contributed by atoms with Crippen molar-refractivity contribution in [1.82, 2.24) is 9.88 Å². The van der Waals surface area contributed by atoms with E-state index >= 15 is 0 Å². The molecule has 2 aromatic rings. The van der Waals surface area contributed by atoms with E-state index in [1.807, 2.05) is 0 Å². The van der Waals surface area contributed by atoms with Gasteiger partial charge in [-0.1, -0.05) is 0 Å². The molecule has 0 aliphatic carbocycles. The fourth-order valence-electron chi connectivity index (χ4n) is 1.48. The molecule has 0 radical (unpaired) electrons. The first-order valence-electron chi connectivity index (χ1n) is 5.09. The Morgan fingerprint density at radius 2 is 2.35 bits per heavy atom. The predicted molar refractivity (Wildman–Crippen MR) is 60.4 cm³/mol. The third-order valence-electron chi connectivity index (χ3n) is 2.35. The number of carbonyl (C=O) groups excluding carboxylic acids is 1. The largest absolute Gasteiger partial charge is 0.505 e. The van der Waals surface area contributed by atoms with Crippen molar-refractivity contribution in [1.29, 1.82) is 0 Å². The second-order valence-corrected chi connectivity index (χ2v) is 3.63. The molecule has 1 N–H and O–H groups in total. The molecule has 1 amide bonds. The zero-order chi connectivity index (χ0) is 12.3. The van der Waals surface area contributed by atoms with Crippen LogP contribution in [0.2, 0.25) is 0 Å². The Labute approximate surface area is 98.3 Å². The number of hydrogen-bond acceptors (Lipinski definition) is 4. The molecule has 0 unspecified atom stereocenters. The average molecular weight is 232 g/mol. The summed E-state index contributed by atoms with van der Waals surface area (Å²) >= 11 is 0. The van der Waals surface area contributed by atoms with Crippen LogP contribution in [0.4, 0.5) is 0 Å². The summed E-state index contributed by atoms with van der Waals surface area (Å²) in [4.78, 5) is 17.2. The van der Waals surface area contributed by atoms with Crippen LogP contribution in [-0.4, -0.2) is 27.9 Å². The molecule has 0 bridgehead atoms. The summed E-state index contributed by atoms with van der Waals surface area (Å²) in [5.41, 5.74) is 0.231. The van der Waals surface area contributed by atoms with E-state index in [0.29, 0.717) is 12.3 Å². The summed E-state index contributed by atoms with van der Waals surface area (Å²) in [6.07, 6.45) is 4.26. The number of aromatic nitrogens is 1. The van der Waals surface area contributed by atoms with Gasteiger partial charge in [-0.3, -0.25) is 9.78 Å². The number of carbonyl (C=O) groups is 1. The lowest BCUT2D eigenvalue weighted by molar-refractivity contribution is 0.0772. The first-order valence-corrected chi connectivity index (χ1v) is 5.09. The molecule has 0 spiro atoms. The van der Waals surface area contributed by atoms with Crippen molar-refractivity contribution >= 4 is 5.91 Å². The first-order chi connectivity index (χ1) is 8.18. The molecule has 2 rings (SSSR count). The van der Waals surface area contributed by atoms with Gasteiger partial charge in [-0.15, -0.1) is 0 Å². The number of hydrogen-bond donors (Lipinski definition) is 1. The van der Waals surface area contributed by atoms with E-state index in [1.54, 1.807) is 25.4 Å². The minimum atomic E-state index is -0.277. The Hall–Kier alpha value is -2.30. The van der Waals surface area contributed by atoms with Gasteiger partial charge in [0.15, 0.2) is 0 Å². The minimum Gasteiger partial charge on any atom is -0.505 e. The Bertz CT molecular complexity index is 508. The molecular formula is C12H12N2O3. The average Bonchev–Trinajstić information content (AvgIpc) is 2.81. The lowest BCUT2D eigenvalue weighted by Crippen LogP contribution is -2.26. The highest BCUT2D eigenvalue weighted by Gasteiger charge is 2.16. The van der Waals surface area contributed by atoms with E-state index in [-0.39, 0.29) is 17.2 Å². The maximum absolute atomic E-state index is 12.0. The molecule has 0 aromatic carbocycles. The van der Waals surface area contributed by atoms with E-state index in [1.165, 1.54) is 23.4 Å². The van der Waals surface area contributed by atoms with Crippen LogP contribution in [-0.2, 0) is 6.54 Å². The second kappa shape index (κ2) is 4.69. The van der Waals surface area contributed by atoms with Crippen LogP contribution in [0.25, 0.3) is 0 Å². The summed E-state index contributed by atoms with van der Waals surface area (Å²) < 4.78 is 5.15. The fraction of sp³-hybridized carbons (Fsp3) is 0.167. The molecule has 5 heteroatoms. The Kier molecular flexibility index (Phi) is 3.09. The van der Waals surface area contributed by atoms with Crippen LogP contribution in [0.1, 0.15) is 16.1 Å². The first kappa shape index (κ1) is 11.2. The molecule has 2 aromatic heterocycles. The SMILES string of the molecule is CN(Cc1ccco1)C(=O)c1ccncc1O. The van der Waals surface area contributed by atoms with Gasteiger partial charge in [0.05, 0.1) is 24.6 Å². The van der Waals surface area contributed by atoms with Gasteiger partial charge in [0.25, 0.3) is 5.91 Å². The topological polar surface area (TPSA) is 66.6 Å². The third kappa shape index (κ3) is 2.44. The molecule has 0 aliphatic heterocycles. The van der Waals surface area contributed by atoms with Gasteiger partial charge >= 0.3 is 0 Å². The van der Waals surface area contributed by atoms with Crippen LogP contribution in [0.3, 0.4) is 0 Å². The number of amides is 1. The van der Waals surface area contributed by atoms with Crippen molar-refractivity contribution in [3.05, 3.63) is 48.2 Å². The van der Waals surface area contributed by atoms with E-state index < -0.39 is 0 Å². The van der Waals surface area contributed by atoms with Crippen LogP contribution in [0, 0.1) is 0 Å². The molecule has 0 saturated carbocycles. The van der Waals surface area contributed by atoms with Gasteiger partial charge in [0.2, 0.25) is 0 Å². The normalized spacial score (nSPS) is 10.2. The van der Waals surface area contributed by atoms with Crippen molar-refractivity contribution < 1.29 is 14.3 Å². The number of aromatic hydroxyl groups is 1. The highest BCUT2D eigenvalue weighted by molar-refractivity contribution is 5.96. The summed E-state index contributed by atoms with van der Waals surface area (Å²) in [6.45, 7) is 0.355. The van der Waals surface area contributed by atoms with Crippen molar-refractivity contribution in [2.24, 2.45) is 0 Å². The maximum Gasteiger partial charge on any atom is 0.257 e. The molecular weight excluding hydrogens is 220 g/mol. The number of rotatable bonds is 3. The lowest BCUT2D eigenvalue weighted by atomic mass is 10.2. The van der Waals surface area contributed by atoms with E-state index in [0.717, 1.165) is 0 Å². The standard InChI is InChI=1S/C12H12N2O3/c1-14(8-9-3-2-6-17-9)12(16)10-4-5-13-7-11(10)15/h2-7,15H,8H2,1H3. The van der Waals surface area contributed by atoms with Gasteiger partial charge in [-0.25, -0.2) is 0 Å².